The van der Waals surface area contributed by atoms with Crippen molar-refractivity contribution in [2.24, 2.45) is 0 Å². The number of fused-ring (bicyclic) bond motifs is 1. The first-order chi connectivity index (χ1) is 9.35. The Labute approximate surface area is 111 Å². The fraction of sp³-hybridized carbons (Fsp3) is 0.467. The molecular formula is C15H16O4. The zero-order valence-electron chi connectivity index (χ0n) is 10.7. The zero-order chi connectivity index (χ0) is 12.7. The van der Waals surface area contributed by atoms with Crippen molar-refractivity contribution in [2.45, 2.75) is 25.0 Å². The molecule has 1 aliphatic carbocycles. The van der Waals surface area contributed by atoms with Crippen molar-refractivity contribution in [3.05, 3.63) is 29.8 Å². The minimum Gasteiger partial charge on any atom is -0.454 e. The fourth-order valence-corrected chi connectivity index (χ4v) is 2.93. The summed E-state index contributed by atoms with van der Waals surface area (Å²) in [6.07, 6.45) is 4.95. The van der Waals surface area contributed by atoms with Gasteiger partial charge in [0.25, 0.3) is 0 Å². The predicted molar refractivity (Wildman–Crippen MR) is 69.0 cm³/mol. The highest BCUT2D eigenvalue weighted by Gasteiger charge is 2.37. The third-order valence-electron chi connectivity index (χ3n) is 3.99. The van der Waals surface area contributed by atoms with Crippen LogP contribution in [-0.2, 0) is 9.47 Å². The summed E-state index contributed by atoms with van der Waals surface area (Å²) in [5, 5.41) is 0. The molecule has 2 heterocycles. The average molecular weight is 260 g/mol. The molecular weight excluding hydrogens is 244 g/mol. The molecule has 0 N–H and O–H groups in total. The summed E-state index contributed by atoms with van der Waals surface area (Å²) in [7, 11) is 0. The van der Waals surface area contributed by atoms with Crippen LogP contribution in [0.15, 0.2) is 24.3 Å². The molecule has 1 spiro atoms. The van der Waals surface area contributed by atoms with Crippen LogP contribution in [0.2, 0.25) is 0 Å². The van der Waals surface area contributed by atoms with Crippen molar-refractivity contribution < 1.29 is 18.9 Å². The molecule has 1 fully saturated rings. The molecule has 0 bridgehead atoms. The van der Waals surface area contributed by atoms with Crippen LogP contribution in [0.5, 0.6) is 11.5 Å². The van der Waals surface area contributed by atoms with Gasteiger partial charge in [-0.25, -0.2) is 0 Å². The van der Waals surface area contributed by atoms with Gasteiger partial charge in [-0.1, -0.05) is 12.1 Å². The Bertz CT molecular complexity index is 529. The van der Waals surface area contributed by atoms with E-state index in [0.717, 1.165) is 30.8 Å². The number of allylic oxidation sites excluding steroid dienone is 1. The lowest BCUT2D eigenvalue weighted by Crippen LogP contribution is -2.31. The van der Waals surface area contributed by atoms with E-state index in [1.165, 1.54) is 11.1 Å². The van der Waals surface area contributed by atoms with Crippen LogP contribution in [0.3, 0.4) is 0 Å². The first-order valence-corrected chi connectivity index (χ1v) is 6.72. The van der Waals surface area contributed by atoms with E-state index in [9.17, 15) is 0 Å². The number of hydrogen-bond acceptors (Lipinski definition) is 4. The van der Waals surface area contributed by atoms with Crippen molar-refractivity contribution in [3.63, 3.8) is 0 Å². The molecule has 4 nitrogen and oxygen atoms in total. The Morgan fingerprint density at radius 2 is 1.84 bits per heavy atom. The lowest BCUT2D eigenvalue weighted by Gasteiger charge is -2.30. The van der Waals surface area contributed by atoms with Crippen LogP contribution in [-0.4, -0.2) is 25.8 Å². The second-order valence-corrected chi connectivity index (χ2v) is 5.11. The van der Waals surface area contributed by atoms with E-state index in [0.29, 0.717) is 20.0 Å². The van der Waals surface area contributed by atoms with E-state index >= 15 is 0 Å². The van der Waals surface area contributed by atoms with Gasteiger partial charge in [0.05, 0.1) is 13.2 Å². The monoisotopic (exact) mass is 260 g/mol. The van der Waals surface area contributed by atoms with E-state index in [2.05, 4.69) is 18.2 Å². The number of hydrogen-bond donors (Lipinski definition) is 0. The first-order valence-electron chi connectivity index (χ1n) is 6.72. The molecule has 1 aromatic carbocycles. The predicted octanol–water partition coefficient (Wildman–Crippen LogP) is 2.73. The Morgan fingerprint density at radius 3 is 2.63 bits per heavy atom. The van der Waals surface area contributed by atoms with E-state index in [1.54, 1.807) is 0 Å². The van der Waals surface area contributed by atoms with Gasteiger partial charge in [-0.2, -0.15) is 0 Å². The maximum absolute atomic E-state index is 5.73. The van der Waals surface area contributed by atoms with Gasteiger partial charge in [-0.3, -0.25) is 0 Å². The van der Waals surface area contributed by atoms with Crippen LogP contribution in [0, 0.1) is 0 Å². The molecule has 0 radical (unpaired) electrons. The van der Waals surface area contributed by atoms with Gasteiger partial charge >= 0.3 is 0 Å². The van der Waals surface area contributed by atoms with Crippen LogP contribution >= 0.6 is 0 Å². The van der Waals surface area contributed by atoms with Crippen LogP contribution in [0.25, 0.3) is 5.57 Å². The largest absolute Gasteiger partial charge is 0.454 e. The lowest BCUT2D eigenvalue weighted by molar-refractivity contribution is -0.159. The number of ether oxygens (including phenoxy) is 4. The van der Waals surface area contributed by atoms with E-state index < -0.39 is 0 Å². The van der Waals surface area contributed by atoms with E-state index in [-0.39, 0.29) is 5.79 Å². The Hall–Kier alpha value is -1.52. The van der Waals surface area contributed by atoms with Crippen molar-refractivity contribution in [1.82, 2.24) is 0 Å². The third-order valence-corrected chi connectivity index (χ3v) is 3.99. The molecule has 4 rings (SSSR count). The molecule has 0 saturated carbocycles. The summed E-state index contributed by atoms with van der Waals surface area (Å²) in [5.41, 5.74) is 2.54. The summed E-state index contributed by atoms with van der Waals surface area (Å²) >= 11 is 0. The van der Waals surface area contributed by atoms with Crippen LogP contribution in [0.4, 0.5) is 0 Å². The van der Waals surface area contributed by atoms with Gasteiger partial charge < -0.3 is 18.9 Å². The Kier molecular flexibility index (Phi) is 2.53. The third kappa shape index (κ3) is 1.91. The van der Waals surface area contributed by atoms with Crippen LogP contribution < -0.4 is 9.47 Å². The van der Waals surface area contributed by atoms with Crippen molar-refractivity contribution in [1.29, 1.82) is 0 Å². The molecule has 19 heavy (non-hydrogen) atoms. The Balaban J connectivity index is 1.58. The molecule has 3 aliphatic rings. The summed E-state index contributed by atoms with van der Waals surface area (Å²) < 4.78 is 22.2. The Morgan fingerprint density at radius 1 is 1.00 bits per heavy atom. The van der Waals surface area contributed by atoms with Gasteiger partial charge in [0.2, 0.25) is 6.79 Å². The van der Waals surface area contributed by atoms with E-state index in [1.807, 2.05) is 6.07 Å². The average Bonchev–Trinajstić information content (AvgIpc) is 3.08. The minimum absolute atomic E-state index is 0.322. The molecule has 0 unspecified atom stereocenters. The second kappa shape index (κ2) is 4.25. The number of rotatable bonds is 1. The lowest BCUT2D eigenvalue weighted by atomic mass is 9.90. The minimum atomic E-state index is -0.347. The second-order valence-electron chi connectivity index (χ2n) is 5.11. The standard InChI is InChI=1S/C15H16O4/c1-2-13-14(17-10-16-13)9-12(1)11-3-5-15(6-4-11)18-7-8-19-15/h1-3,9H,4-8,10H2. The van der Waals surface area contributed by atoms with Gasteiger partial charge in [-0.15, -0.1) is 0 Å². The van der Waals surface area contributed by atoms with Crippen molar-refractivity contribution in [3.8, 4) is 11.5 Å². The fourth-order valence-electron chi connectivity index (χ4n) is 2.93. The van der Waals surface area contributed by atoms with Gasteiger partial charge in [0.1, 0.15) is 0 Å². The molecule has 2 aliphatic heterocycles. The summed E-state index contributed by atoms with van der Waals surface area (Å²) in [6, 6.07) is 6.13. The molecule has 0 atom stereocenters. The van der Waals surface area contributed by atoms with Gasteiger partial charge in [0, 0.05) is 12.8 Å². The van der Waals surface area contributed by atoms with Crippen molar-refractivity contribution >= 4 is 5.57 Å². The number of benzene rings is 1. The molecule has 1 aromatic rings. The maximum atomic E-state index is 5.73. The first kappa shape index (κ1) is 11.3. The summed E-state index contributed by atoms with van der Waals surface area (Å²) in [6.45, 7) is 1.75. The van der Waals surface area contributed by atoms with Crippen LogP contribution in [0.1, 0.15) is 24.8 Å². The van der Waals surface area contributed by atoms with Gasteiger partial charge in [0.15, 0.2) is 17.3 Å². The molecule has 0 amide bonds. The normalized spacial score (nSPS) is 23.7. The maximum Gasteiger partial charge on any atom is 0.231 e. The summed E-state index contributed by atoms with van der Waals surface area (Å²) in [4.78, 5) is 0. The highest BCUT2D eigenvalue weighted by atomic mass is 16.7. The smallest absolute Gasteiger partial charge is 0.231 e. The van der Waals surface area contributed by atoms with Crippen molar-refractivity contribution in [2.75, 3.05) is 20.0 Å². The topological polar surface area (TPSA) is 36.9 Å². The highest BCUT2D eigenvalue weighted by Crippen LogP contribution is 2.40. The van der Waals surface area contributed by atoms with Gasteiger partial charge in [-0.05, 0) is 29.7 Å². The molecule has 1 saturated heterocycles. The zero-order valence-corrected chi connectivity index (χ0v) is 10.7. The molecule has 4 heteroatoms. The highest BCUT2D eigenvalue weighted by molar-refractivity contribution is 5.69. The SMILES string of the molecule is C1=C(c2ccc3c(c2)OCO3)CCC2(C1)OCCO2. The van der Waals surface area contributed by atoms with E-state index in [4.69, 9.17) is 18.9 Å². The molecule has 0 aromatic heterocycles. The quantitative estimate of drug-likeness (QED) is 0.778. The summed E-state index contributed by atoms with van der Waals surface area (Å²) in [5.74, 6) is 1.32. The molecule has 100 valence electrons.